The maximum absolute atomic E-state index is 5.25. The van der Waals surface area contributed by atoms with Gasteiger partial charge in [0.1, 0.15) is 5.75 Å². The molecule has 2 rings (SSSR count). The number of rotatable bonds is 5. The molecule has 21 heavy (non-hydrogen) atoms. The van der Waals surface area contributed by atoms with E-state index in [1.54, 1.807) is 26.5 Å². The number of anilines is 1. The number of hydrogen-bond acceptors (Lipinski definition) is 4. The van der Waals surface area contributed by atoms with Crippen LogP contribution in [0.3, 0.4) is 0 Å². The summed E-state index contributed by atoms with van der Waals surface area (Å²) in [4.78, 5) is 4.19. The molecule has 0 amide bonds. The molecule has 0 aliphatic carbocycles. The van der Waals surface area contributed by atoms with E-state index in [1.807, 2.05) is 30.3 Å². The van der Waals surface area contributed by atoms with Gasteiger partial charge in [0.15, 0.2) is 16.7 Å². The first kappa shape index (κ1) is 15.1. The van der Waals surface area contributed by atoms with Crippen molar-refractivity contribution in [2.24, 2.45) is 0 Å². The molecule has 0 aliphatic rings. The van der Waals surface area contributed by atoms with Crippen LogP contribution in [0.4, 0.5) is 5.82 Å². The molecular weight excluding hydrogens is 286 g/mol. The third kappa shape index (κ3) is 4.32. The highest BCUT2D eigenvalue weighted by Gasteiger charge is 2.05. The van der Waals surface area contributed by atoms with Crippen LogP contribution in [0.25, 0.3) is 0 Å². The largest absolute Gasteiger partial charge is 0.497 e. The molecule has 0 saturated heterocycles. The molecule has 0 atom stereocenters. The van der Waals surface area contributed by atoms with Crippen molar-refractivity contribution in [1.29, 1.82) is 0 Å². The Kier molecular flexibility index (Phi) is 5.34. The van der Waals surface area contributed by atoms with Gasteiger partial charge in [0.05, 0.1) is 14.2 Å². The zero-order valence-electron chi connectivity index (χ0n) is 11.9. The molecule has 6 heteroatoms. The average molecular weight is 303 g/mol. The molecular formula is C15H17N3O2S. The molecule has 1 heterocycles. The van der Waals surface area contributed by atoms with Gasteiger partial charge >= 0.3 is 0 Å². The van der Waals surface area contributed by atoms with Gasteiger partial charge in [0.25, 0.3) is 0 Å². The number of benzene rings is 1. The second kappa shape index (κ2) is 7.44. The number of thiocarbonyl (C=S) groups is 1. The average Bonchev–Trinajstić information content (AvgIpc) is 2.54. The molecule has 0 radical (unpaired) electrons. The lowest BCUT2D eigenvalue weighted by molar-refractivity contribution is 0.414. The van der Waals surface area contributed by atoms with Gasteiger partial charge in [-0.05, 0) is 42.0 Å². The Balaban J connectivity index is 1.89. The van der Waals surface area contributed by atoms with Crippen molar-refractivity contribution in [2.75, 3.05) is 19.5 Å². The topological polar surface area (TPSA) is 55.4 Å². The van der Waals surface area contributed by atoms with Crippen LogP contribution in [0.5, 0.6) is 11.5 Å². The fourth-order valence-corrected chi connectivity index (χ4v) is 1.90. The van der Waals surface area contributed by atoms with E-state index in [2.05, 4.69) is 15.6 Å². The van der Waals surface area contributed by atoms with Crippen molar-refractivity contribution in [1.82, 2.24) is 10.3 Å². The van der Waals surface area contributed by atoms with Crippen LogP contribution in [-0.4, -0.2) is 24.3 Å². The van der Waals surface area contributed by atoms with Crippen LogP contribution in [0.1, 0.15) is 5.56 Å². The van der Waals surface area contributed by atoms with E-state index < -0.39 is 0 Å². The quantitative estimate of drug-likeness (QED) is 0.828. The highest BCUT2D eigenvalue weighted by Crippen LogP contribution is 2.19. The summed E-state index contributed by atoms with van der Waals surface area (Å²) in [7, 11) is 3.24. The Morgan fingerprint density at radius 1 is 1.14 bits per heavy atom. The van der Waals surface area contributed by atoms with E-state index in [0.717, 1.165) is 11.3 Å². The molecule has 0 spiro atoms. The Hall–Kier alpha value is -2.34. The molecule has 1 aromatic heterocycles. The first-order chi connectivity index (χ1) is 10.2. The summed E-state index contributed by atoms with van der Waals surface area (Å²) in [5.74, 6) is 2.07. The second-order valence-corrected chi connectivity index (χ2v) is 4.62. The van der Waals surface area contributed by atoms with Crippen LogP contribution in [-0.2, 0) is 6.54 Å². The van der Waals surface area contributed by atoms with Gasteiger partial charge in [-0.3, -0.25) is 0 Å². The van der Waals surface area contributed by atoms with Gasteiger partial charge in [-0.15, -0.1) is 0 Å². The van der Waals surface area contributed by atoms with E-state index in [0.29, 0.717) is 23.2 Å². The minimum atomic E-state index is 0.489. The van der Waals surface area contributed by atoms with Crippen molar-refractivity contribution in [3.8, 4) is 11.5 Å². The monoisotopic (exact) mass is 303 g/mol. The Morgan fingerprint density at radius 3 is 2.57 bits per heavy atom. The smallest absolute Gasteiger partial charge is 0.174 e. The number of nitrogens with one attached hydrogen (secondary N) is 2. The molecule has 0 fully saturated rings. The van der Waals surface area contributed by atoms with Gasteiger partial charge < -0.3 is 20.1 Å². The summed E-state index contributed by atoms with van der Waals surface area (Å²) in [5, 5.41) is 6.62. The van der Waals surface area contributed by atoms with Crippen molar-refractivity contribution < 1.29 is 9.47 Å². The molecule has 0 aliphatic heterocycles. The molecule has 0 saturated carbocycles. The number of aromatic nitrogens is 1. The molecule has 0 unspecified atom stereocenters. The number of hydrogen-bond donors (Lipinski definition) is 2. The Labute approximate surface area is 129 Å². The zero-order valence-corrected chi connectivity index (χ0v) is 12.7. The minimum Gasteiger partial charge on any atom is -0.497 e. The molecule has 1 aromatic carbocycles. The van der Waals surface area contributed by atoms with Crippen LogP contribution in [0, 0.1) is 0 Å². The van der Waals surface area contributed by atoms with Gasteiger partial charge in [-0.1, -0.05) is 12.1 Å². The summed E-state index contributed by atoms with van der Waals surface area (Å²) >= 11 is 5.25. The fourth-order valence-electron chi connectivity index (χ4n) is 1.73. The van der Waals surface area contributed by atoms with E-state index in [1.165, 1.54) is 0 Å². The van der Waals surface area contributed by atoms with E-state index >= 15 is 0 Å². The molecule has 5 nitrogen and oxygen atoms in total. The lowest BCUT2D eigenvalue weighted by Crippen LogP contribution is -2.28. The second-order valence-electron chi connectivity index (χ2n) is 4.21. The van der Waals surface area contributed by atoms with Crippen molar-refractivity contribution in [2.45, 2.75) is 6.54 Å². The van der Waals surface area contributed by atoms with Crippen molar-refractivity contribution >= 4 is 23.1 Å². The highest BCUT2D eigenvalue weighted by molar-refractivity contribution is 7.80. The van der Waals surface area contributed by atoms with Crippen molar-refractivity contribution in [3.05, 3.63) is 48.2 Å². The SMILES string of the molecule is COc1ccc(CNC(=S)Nc2ncccc2OC)cc1. The Morgan fingerprint density at radius 2 is 1.90 bits per heavy atom. The number of ether oxygens (including phenoxy) is 2. The third-order valence-corrected chi connectivity index (χ3v) is 3.08. The van der Waals surface area contributed by atoms with Crippen LogP contribution in [0.2, 0.25) is 0 Å². The van der Waals surface area contributed by atoms with Crippen LogP contribution < -0.4 is 20.1 Å². The number of pyridine rings is 1. The molecule has 110 valence electrons. The van der Waals surface area contributed by atoms with E-state index in [-0.39, 0.29) is 0 Å². The maximum Gasteiger partial charge on any atom is 0.174 e. The molecule has 2 N–H and O–H groups in total. The zero-order chi connectivity index (χ0) is 15.1. The summed E-state index contributed by atoms with van der Waals surface area (Å²) in [5.41, 5.74) is 1.10. The summed E-state index contributed by atoms with van der Waals surface area (Å²) in [6.07, 6.45) is 1.68. The first-order valence-corrected chi connectivity index (χ1v) is 6.80. The fraction of sp³-hybridized carbons (Fsp3) is 0.200. The number of methoxy groups -OCH3 is 2. The normalized spacial score (nSPS) is 9.81. The van der Waals surface area contributed by atoms with E-state index in [9.17, 15) is 0 Å². The van der Waals surface area contributed by atoms with Crippen LogP contribution >= 0.6 is 12.2 Å². The molecule has 0 bridgehead atoms. The predicted molar refractivity (Wildman–Crippen MR) is 86.8 cm³/mol. The van der Waals surface area contributed by atoms with Gasteiger partial charge in [-0.2, -0.15) is 0 Å². The van der Waals surface area contributed by atoms with Gasteiger partial charge in [0.2, 0.25) is 0 Å². The standard InChI is InChI=1S/C15H17N3O2S/c1-19-12-7-5-11(6-8-12)10-17-15(21)18-14-13(20-2)4-3-9-16-14/h3-9H,10H2,1-2H3,(H2,16,17,18,21). The van der Waals surface area contributed by atoms with Gasteiger partial charge in [0, 0.05) is 12.7 Å². The highest BCUT2D eigenvalue weighted by atomic mass is 32.1. The van der Waals surface area contributed by atoms with Crippen LogP contribution in [0.15, 0.2) is 42.6 Å². The summed E-state index contributed by atoms with van der Waals surface area (Å²) < 4.78 is 10.3. The summed E-state index contributed by atoms with van der Waals surface area (Å²) in [6, 6.07) is 11.4. The number of nitrogens with zero attached hydrogens (tertiary/aromatic N) is 1. The first-order valence-electron chi connectivity index (χ1n) is 6.39. The summed E-state index contributed by atoms with van der Waals surface area (Å²) in [6.45, 7) is 0.616. The Bertz CT molecular complexity index is 602. The lowest BCUT2D eigenvalue weighted by Gasteiger charge is -2.12. The maximum atomic E-state index is 5.25. The third-order valence-electron chi connectivity index (χ3n) is 2.83. The van der Waals surface area contributed by atoms with Crippen molar-refractivity contribution in [3.63, 3.8) is 0 Å². The molecule has 2 aromatic rings. The lowest BCUT2D eigenvalue weighted by atomic mass is 10.2. The minimum absolute atomic E-state index is 0.489. The predicted octanol–water partition coefficient (Wildman–Crippen LogP) is 2.59. The van der Waals surface area contributed by atoms with E-state index in [4.69, 9.17) is 21.7 Å². The van der Waals surface area contributed by atoms with Gasteiger partial charge in [-0.25, -0.2) is 4.98 Å².